The van der Waals surface area contributed by atoms with Gasteiger partial charge in [0.15, 0.2) is 17.5 Å². The fraction of sp³-hybridized carbons (Fsp3) is 0.800. The molecule has 0 spiro atoms. The summed E-state index contributed by atoms with van der Waals surface area (Å²) in [6.45, 7) is 12.3. The highest BCUT2D eigenvalue weighted by atomic mass is 16.6. The van der Waals surface area contributed by atoms with Crippen LogP contribution in [0.1, 0.15) is 66.7 Å². The number of hydrogen-bond acceptors (Lipinski definition) is 8. The van der Waals surface area contributed by atoms with E-state index in [2.05, 4.69) is 11.9 Å². The summed E-state index contributed by atoms with van der Waals surface area (Å²) in [7, 11) is 0. The van der Waals surface area contributed by atoms with Crippen molar-refractivity contribution >= 4 is 17.7 Å². The number of carbonyl (C=O) groups excluding carboxylic acids is 3. The van der Waals surface area contributed by atoms with Gasteiger partial charge >= 0.3 is 5.97 Å². The molecule has 2 saturated heterocycles. The molecule has 190 valence electrons. The molecule has 4 N–H and O–H groups in total. The first-order valence-electron chi connectivity index (χ1n) is 12.0. The third-order valence-electron chi connectivity index (χ3n) is 9.25. The molecule has 2 aliphatic heterocycles. The van der Waals surface area contributed by atoms with Crippen LogP contribution in [0.5, 0.6) is 0 Å². The first-order chi connectivity index (χ1) is 15.6. The Morgan fingerprint density at radius 2 is 1.82 bits per heavy atom. The maximum absolute atomic E-state index is 13.8. The number of amides is 1. The second-order valence-electron chi connectivity index (χ2n) is 11.8. The topological polar surface area (TPSA) is 142 Å². The predicted molar refractivity (Wildman–Crippen MR) is 120 cm³/mol. The van der Waals surface area contributed by atoms with Crippen LogP contribution in [0.15, 0.2) is 12.7 Å². The molecule has 9 nitrogen and oxygen atoms in total. The van der Waals surface area contributed by atoms with Gasteiger partial charge in [0.1, 0.15) is 11.6 Å². The Morgan fingerprint density at radius 3 is 2.38 bits per heavy atom. The van der Waals surface area contributed by atoms with E-state index in [-0.39, 0.29) is 25.2 Å². The maximum Gasteiger partial charge on any atom is 0.329 e. The Labute approximate surface area is 199 Å². The summed E-state index contributed by atoms with van der Waals surface area (Å²) in [5.41, 5.74) is -7.44. The van der Waals surface area contributed by atoms with Gasteiger partial charge in [-0.15, -0.1) is 6.58 Å². The summed E-state index contributed by atoms with van der Waals surface area (Å²) >= 11 is 0. The Morgan fingerprint density at radius 1 is 1.18 bits per heavy atom. The number of aliphatic hydroxyl groups excluding tert-OH is 2. The summed E-state index contributed by atoms with van der Waals surface area (Å²) in [5, 5.41) is 37.9. The van der Waals surface area contributed by atoms with E-state index < -0.39 is 69.7 Å². The van der Waals surface area contributed by atoms with Gasteiger partial charge in [0.2, 0.25) is 5.91 Å². The normalized spacial score (nSPS) is 50.1. The Hall–Kier alpha value is -1.81. The molecular weight excluding hydrogens is 442 g/mol. The van der Waals surface area contributed by atoms with Gasteiger partial charge < -0.3 is 30.1 Å². The van der Waals surface area contributed by atoms with E-state index in [1.54, 1.807) is 13.8 Å². The van der Waals surface area contributed by atoms with Crippen molar-refractivity contribution in [1.29, 1.82) is 0 Å². The fourth-order valence-corrected chi connectivity index (χ4v) is 7.48. The molecule has 9 atom stereocenters. The van der Waals surface area contributed by atoms with Gasteiger partial charge in [-0.1, -0.05) is 26.8 Å². The van der Waals surface area contributed by atoms with Crippen molar-refractivity contribution in [2.24, 2.45) is 16.7 Å². The Kier molecular flexibility index (Phi) is 5.65. The van der Waals surface area contributed by atoms with Crippen LogP contribution >= 0.6 is 0 Å². The van der Waals surface area contributed by atoms with Gasteiger partial charge in [-0.25, -0.2) is 4.79 Å². The molecule has 0 aromatic rings. The number of hydrogen-bond donors (Lipinski definition) is 4. The van der Waals surface area contributed by atoms with E-state index in [1.807, 2.05) is 13.8 Å². The smallest absolute Gasteiger partial charge is 0.329 e. The molecule has 4 fully saturated rings. The summed E-state index contributed by atoms with van der Waals surface area (Å²) in [6, 6.07) is -0.889. The lowest BCUT2D eigenvalue weighted by Gasteiger charge is -2.71. The largest absolute Gasteiger partial charge is 0.455 e. The second kappa shape index (κ2) is 7.59. The zero-order chi connectivity index (χ0) is 25.5. The molecular formula is C25H37NO8. The van der Waals surface area contributed by atoms with Crippen molar-refractivity contribution in [2.75, 3.05) is 0 Å². The molecule has 2 saturated carbocycles. The van der Waals surface area contributed by atoms with Gasteiger partial charge in [0.25, 0.3) is 0 Å². The molecule has 1 amide bonds. The van der Waals surface area contributed by atoms with Crippen LogP contribution in [0.25, 0.3) is 0 Å². The van der Waals surface area contributed by atoms with Gasteiger partial charge in [-0.05, 0) is 38.5 Å². The molecule has 0 bridgehead atoms. The number of rotatable bonds is 3. The average molecular weight is 480 g/mol. The minimum Gasteiger partial charge on any atom is -0.455 e. The van der Waals surface area contributed by atoms with Crippen LogP contribution in [0.3, 0.4) is 0 Å². The number of esters is 1. The van der Waals surface area contributed by atoms with Crippen LogP contribution in [0, 0.1) is 16.7 Å². The van der Waals surface area contributed by atoms with Gasteiger partial charge in [-0.3, -0.25) is 9.59 Å². The predicted octanol–water partition coefficient (Wildman–Crippen LogP) is 0.779. The Bertz CT molecular complexity index is 934. The van der Waals surface area contributed by atoms with Gasteiger partial charge in [-0.2, -0.15) is 0 Å². The molecule has 0 aromatic heterocycles. The molecule has 0 aromatic carbocycles. The van der Waals surface area contributed by atoms with E-state index in [1.165, 1.54) is 13.0 Å². The quantitative estimate of drug-likeness (QED) is 0.344. The third-order valence-corrected chi connectivity index (χ3v) is 9.25. The number of aliphatic hydroxyl groups is 3. The molecule has 4 rings (SSSR count). The van der Waals surface area contributed by atoms with Crippen molar-refractivity contribution in [3.63, 3.8) is 0 Å². The standard InChI is InChI=1S/C25H37NO8/c1-7-22(4)12-15(28)25(32)23(5)14(27)10-11-21(2,3)18(23)17(30)19(24(25,6)34-22)33-20(31)13-8-9-16(29)26-13/h7,13-14,17-19,27,30,32H,1,8-12H2,2-6H3,(H,26,29)/t13-,14-,17-,18-,19-,22-,23-,24+,25-/m0/s1. The van der Waals surface area contributed by atoms with E-state index >= 15 is 0 Å². The van der Waals surface area contributed by atoms with Crippen molar-refractivity contribution in [3.05, 3.63) is 12.7 Å². The molecule has 9 heteroatoms. The molecule has 4 aliphatic rings. The summed E-state index contributed by atoms with van der Waals surface area (Å²) in [4.78, 5) is 38.5. The highest BCUT2D eigenvalue weighted by Gasteiger charge is 2.81. The third kappa shape index (κ3) is 3.09. The summed E-state index contributed by atoms with van der Waals surface area (Å²) in [5.74, 6) is -2.40. The number of ketones is 1. The number of carbonyl (C=O) groups is 3. The molecule has 34 heavy (non-hydrogen) atoms. The first-order valence-corrected chi connectivity index (χ1v) is 12.0. The minimum absolute atomic E-state index is 0.178. The van der Waals surface area contributed by atoms with E-state index in [0.717, 1.165) is 0 Å². The Balaban J connectivity index is 1.88. The zero-order valence-corrected chi connectivity index (χ0v) is 20.6. The average Bonchev–Trinajstić information content (AvgIpc) is 3.18. The number of Topliss-reactive ketones (excluding diaryl/α,β-unsaturated/α-hetero) is 1. The van der Waals surface area contributed by atoms with Crippen LogP contribution in [-0.4, -0.2) is 74.1 Å². The van der Waals surface area contributed by atoms with Crippen molar-refractivity contribution in [1.82, 2.24) is 5.32 Å². The molecule has 0 radical (unpaired) electrons. The lowest BCUT2D eigenvalue weighted by molar-refractivity contribution is -0.370. The number of ether oxygens (including phenoxy) is 2. The van der Waals surface area contributed by atoms with Crippen LogP contribution in [0.4, 0.5) is 0 Å². The van der Waals surface area contributed by atoms with Crippen molar-refractivity contribution in [2.45, 2.75) is 108 Å². The van der Waals surface area contributed by atoms with E-state index in [0.29, 0.717) is 12.8 Å². The molecule has 0 unspecified atom stereocenters. The van der Waals surface area contributed by atoms with Gasteiger partial charge in [0.05, 0.1) is 17.8 Å². The number of fused-ring (bicyclic) bond motifs is 3. The van der Waals surface area contributed by atoms with Crippen LogP contribution in [0.2, 0.25) is 0 Å². The van der Waals surface area contributed by atoms with Crippen LogP contribution in [-0.2, 0) is 23.9 Å². The number of nitrogens with one attached hydrogen (secondary N) is 1. The molecule has 2 heterocycles. The fourth-order valence-electron chi connectivity index (χ4n) is 7.48. The highest BCUT2D eigenvalue weighted by Crippen LogP contribution is 2.67. The summed E-state index contributed by atoms with van der Waals surface area (Å²) in [6.07, 6.45) is -1.34. The van der Waals surface area contributed by atoms with Crippen LogP contribution < -0.4 is 5.32 Å². The van der Waals surface area contributed by atoms with E-state index in [4.69, 9.17) is 9.47 Å². The highest BCUT2D eigenvalue weighted by molar-refractivity contribution is 5.93. The zero-order valence-electron chi connectivity index (χ0n) is 20.6. The minimum atomic E-state index is -2.27. The lowest BCUT2D eigenvalue weighted by Crippen LogP contribution is -2.86. The SMILES string of the molecule is C=C[C@@]1(C)CC(=O)[C@]2(O)[C@@]3(C)[C@@H](O)CCC(C)(C)[C@@H]3[C@H](O)[C@H](OC(=O)[C@@H]3CCC(=O)N3)[C@@]2(C)O1. The van der Waals surface area contributed by atoms with Gasteiger partial charge in [0, 0.05) is 24.2 Å². The monoisotopic (exact) mass is 479 g/mol. The van der Waals surface area contributed by atoms with Crippen molar-refractivity contribution in [3.8, 4) is 0 Å². The molecule has 2 aliphatic carbocycles. The maximum atomic E-state index is 13.8. The lowest BCUT2D eigenvalue weighted by atomic mass is 9.40. The second-order valence-corrected chi connectivity index (χ2v) is 11.8. The van der Waals surface area contributed by atoms with Crippen molar-refractivity contribution < 1.29 is 39.2 Å². The first kappa shape index (κ1) is 25.3. The summed E-state index contributed by atoms with van der Waals surface area (Å²) < 4.78 is 12.2. The van der Waals surface area contributed by atoms with E-state index in [9.17, 15) is 29.7 Å².